The lowest BCUT2D eigenvalue weighted by Crippen LogP contribution is -2.05. The molecule has 6 nitrogen and oxygen atoms in total. The summed E-state index contributed by atoms with van der Waals surface area (Å²) in [4.78, 5) is 16.8. The van der Waals surface area contributed by atoms with E-state index in [1.54, 1.807) is 13.0 Å². The van der Waals surface area contributed by atoms with Gasteiger partial charge in [0.2, 0.25) is 5.82 Å². The molecule has 7 heteroatoms. The zero-order valence-corrected chi connectivity index (χ0v) is 11.3. The van der Waals surface area contributed by atoms with Crippen molar-refractivity contribution in [3.8, 4) is 10.7 Å². The Balaban J connectivity index is 1.65. The molecule has 0 spiro atoms. The van der Waals surface area contributed by atoms with Gasteiger partial charge in [0.05, 0.1) is 11.1 Å². The van der Waals surface area contributed by atoms with Crippen LogP contribution in [0.25, 0.3) is 10.7 Å². The van der Waals surface area contributed by atoms with Crippen LogP contribution in [0.15, 0.2) is 38.8 Å². The largest absolute Gasteiger partial charge is 0.469 e. The van der Waals surface area contributed by atoms with Crippen LogP contribution in [-0.2, 0) is 11.3 Å². The summed E-state index contributed by atoms with van der Waals surface area (Å²) in [5.41, 5.74) is 0.392. The van der Waals surface area contributed by atoms with Gasteiger partial charge in [0.1, 0.15) is 11.3 Å². The lowest BCUT2D eigenvalue weighted by atomic mass is 10.3. The van der Waals surface area contributed by atoms with Gasteiger partial charge in [-0.1, -0.05) is 11.2 Å². The van der Waals surface area contributed by atoms with Crippen molar-refractivity contribution in [3.63, 3.8) is 0 Å². The maximum Gasteiger partial charge on any atom is 0.342 e. The maximum atomic E-state index is 11.8. The van der Waals surface area contributed by atoms with E-state index < -0.39 is 5.97 Å². The second-order valence-electron chi connectivity index (χ2n) is 3.96. The zero-order valence-electron chi connectivity index (χ0n) is 10.5. The summed E-state index contributed by atoms with van der Waals surface area (Å²) in [6.07, 6.45) is 1.44. The van der Waals surface area contributed by atoms with Gasteiger partial charge in [-0.15, -0.1) is 11.3 Å². The Morgan fingerprint density at radius 1 is 1.45 bits per heavy atom. The van der Waals surface area contributed by atoms with Crippen LogP contribution in [0.3, 0.4) is 0 Å². The Morgan fingerprint density at radius 2 is 2.35 bits per heavy atom. The molecule has 0 amide bonds. The fourth-order valence-electron chi connectivity index (χ4n) is 1.62. The standard InChI is InChI=1S/C13H10N2O4S/c1-8-9(4-5-17-8)13(16)18-7-11-14-12(15-19-11)10-3-2-6-20-10/h2-6H,7H2,1H3. The SMILES string of the molecule is Cc1occc1C(=O)OCc1nc(-c2cccs2)no1. The fourth-order valence-corrected chi connectivity index (χ4v) is 2.27. The van der Waals surface area contributed by atoms with Crippen molar-refractivity contribution in [2.24, 2.45) is 0 Å². The molecule has 0 N–H and O–H groups in total. The summed E-state index contributed by atoms with van der Waals surface area (Å²) >= 11 is 1.51. The highest BCUT2D eigenvalue weighted by Gasteiger charge is 2.15. The normalized spacial score (nSPS) is 10.7. The molecule has 0 unspecified atom stereocenters. The number of esters is 1. The molecule has 102 valence electrons. The van der Waals surface area contributed by atoms with Crippen molar-refractivity contribution >= 4 is 17.3 Å². The van der Waals surface area contributed by atoms with Gasteiger partial charge >= 0.3 is 5.97 Å². The van der Waals surface area contributed by atoms with Crippen LogP contribution in [0.4, 0.5) is 0 Å². The Kier molecular flexibility index (Phi) is 3.34. The first kappa shape index (κ1) is 12.6. The molecular formula is C13H10N2O4S. The van der Waals surface area contributed by atoms with Gasteiger partial charge in [0, 0.05) is 0 Å². The van der Waals surface area contributed by atoms with Gasteiger partial charge in [-0.2, -0.15) is 4.98 Å². The second kappa shape index (κ2) is 5.30. The Morgan fingerprint density at radius 3 is 3.05 bits per heavy atom. The Labute approximate surface area is 118 Å². The van der Waals surface area contributed by atoms with Gasteiger partial charge in [0.25, 0.3) is 5.89 Å². The van der Waals surface area contributed by atoms with E-state index in [1.165, 1.54) is 17.6 Å². The van der Waals surface area contributed by atoms with E-state index in [0.717, 1.165) is 4.88 Å². The van der Waals surface area contributed by atoms with Crippen LogP contribution < -0.4 is 0 Å². The van der Waals surface area contributed by atoms with Crippen LogP contribution in [0.2, 0.25) is 0 Å². The predicted octanol–water partition coefficient (Wildman–Crippen LogP) is 3.06. The number of furan rings is 1. The molecule has 0 atom stereocenters. The third kappa shape index (κ3) is 2.48. The maximum absolute atomic E-state index is 11.8. The quantitative estimate of drug-likeness (QED) is 0.687. The zero-order chi connectivity index (χ0) is 13.9. The smallest absolute Gasteiger partial charge is 0.342 e. The van der Waals surface area contributed by atoms with Crippen LogP contribution >= 0.6 is 11.3 Å². The molecular weight excluding hydrogens is 280 g/mol. The third-order valence-electron chi connectivity index (χ3n) is 2.62. The molecule has 0 aliphatic carbocycles. The highest BCUT2D eigenvalue weighted by atomic mass is 32.1. The van der Waals surface area contributed by atoms with Crippen molar-refractivity contribution in [1.29, 1.82) is 0 Å². The summed E-state index contributed by atoms with van der Waals surface area (Å²) in [5, 5.41) is 5.76. The van der Waals surface area contributed by atoms with E-state index in [0.29, 0.717) is 17.1 Å². The highest BCUT2D eigenvalue weighted by molar-refractivity contribution is 7.13. The summed E-state index contributed by atoms with van der Waals surface area (Å²) in [6.45, 7) is 1.63. The van der Waals surface area contributed by atoms with E-state index in [9.17, 15) is 4.79 Å². The van der Waals surface area contributed by atoms with Gasteiger partial charge < -0.3 is 13.7 Å². The number of carbonyl (C=O) groups is 1. The molecule has 3 aromatic rings. The summed E-state index contributed by atoms with van der Waals surface area (Å²) < 4.78 is 15.2. The number of hydrogen-bond acceptors (Lipinski definition) is 7. The first-order valence-electron chi connectivity index (χ1n) is 5.81. The molecule has 0 saturated heterocycles. The van der Waals surface area contributed by atoms with Crippen molar-refractivity contribution in [2.45, 2.75) is 13.5 Å². The van der Waals surface area contributed by atoms with Crippen LogP contribution in [0.5, 0.6) is 0 Å². The monoisotopic (exact) mass is 290 g/mol. The van der Waals surface area contributed by atoms with Gasteiger partial charge in [-0.3, -0.25) is 0 Å². The molecule has 3 heterocycles. The van der Waals surface area contributed by atoms with Gasteiger partial charge in [0.15, 0.2) is 6.61 Å². The van der Waals surface area contributed by atoms with Crippen molar-refractivity contribution in [3.05, 3.63) is 47.1 Å². The topological polar surface area (TPSA) is 78.4 Å². The van der Waals surface area contributed by atoms with Crippen LogP contribution in [0.1, 0.15) is 22.0 Å². The molecule has 20 heavy (non-hydrogen) atoms. The minimum Gasteiger partial charge on any atom is -0.469 e. The summed E-state index contributed by atoms with van der Waals surface area (Å²) in [7, 11) is 0. The highest BCUT2D eigenvalue weighted by Crippen LogP contribution is 2.21. The van der Waals surface area contributed by atoms with Gasteiger partial charge in [-0.25, -0.2) is 4.79 Å². The van der Waals surface area contributed by atoms with Crippen molar-refractivity contribution < 1.29 is 18.5 Å². The number of ether oxygens (including phenoxy) is 1. The predicted molar refractivity (Wildman–Crippen MR) is 70.2 cm³/mol. The first-order chi connectivity index (χ1) is 9.74. The first-order valence-corrected chi connectivity index (χ1v) is 6.69. The number of aromatic nitrogens is 2. The second-order valence-corrected chi connectivity index (χ2v) is 4.90. The van der Waals surface area contributed by atoms with E-state index in [1.807, 2.05) is 17.5 Å². The minimum absolute atomic E-state index is 0.0676. The molecule has 0 saturated carbocycles. The fraction of sp³-hybridized carbons (Fsp3) is 0.154. The average molecular weight is 290 g/mol. The van der Waals surface area contributed by atoms with Crippen LogP contribution in [0, 0.1) is 6.92 Å². The Hall–Kier alpha value is -2.41. The number of aryl methyl sites for hydroxylation is 1. The van der Waals surface area contributed by atoms with Crippen molar-refractivity contribution in [2.75, 3.05) is 0 Å². The van der Waals surface area contributed by atoms with E-state index in [-0.39, 0.29) is 12.5 Å². The number of thiophene rings is 1. The van der Waals surface area contributed by atoms with Crippen LogP contribution in [-0.4, -0.2) is 16.1 Å². The Bertz CT molecular complexity index is 714. The lowest BCUT2D eigenvalue weighted by molar-refractivity contribution is 0.0428. The van der Waals surface area contributed by atoms with E-state index in [4.69, 9.17) is 13.7 Å². The molecule has 0 fully saturated rings. The molecule has 3 aromatic heterocycles. The molecule has 0 radical (unpaired) electrons. The number of carbonyl (C=O) groups excluding carboxylic acids is 1. The van der Waals surface area contributed by atoms with Crippen molar-refractivity contribution in [1.82, 2.24) is 10.1 Å². The molecule has 0 aromatic carbocycles. The third-order valence-corrected chi connectivity index (χ3v) is 3.48. The van der Waals surface area contributed by atoms with Gasteiger partial charge in [-0.05, 0) is 24.4 Å². The molecule has 0 aliphatic heterocycles. The number of nitrogens with zero attached hydrogens (tertiary/aromatic N) is 2. The average Bonchev–Trinajstić information content (AvgIpc) is 3.16. The summed E-state index contributed by atoms with van der Waals surface area (Å²) in [6, 6.07) is 5.35. The minimum atomic E-state index is -0.480. The molecule has 0 bridgehead atoms. The lowest BCUT2D eigenvalue weighted by Gasteiger charge is -1.99. The molecule has 3 rings (SSSR count). The van der Waals surface area contributed by atoms with E-state index >= 15 is 0 Å². The molecule has 0 aliphatic rings. The number of hydrogen-bond donors (Lipinski definition) is 0. The summed E-state index contributed by atoms with van der Waals surface area (Å²) in [5.74, 6) is 0.778. The number of rotatable bonds is 4. The van der Waals surface area contributed by atoms with E-state index in [2.05, 4.69) is 10.1 Å².